The number of nitrogens with zero attached hydrogens (tertiary/aromatic N) is 1. The van der Waals surface area contributed by atoms with E-state index in [1.165, 1.54) is 25.0 Å². The van der Waals surface area contributed by atoms with Crippen LogP contribution in [0.3, 0.4) is 0 Å². The summed E-state index contributed by atoms with van der Waals surface area (Å²) in [4.78, 5) is 0. The third kappa shape index (κ3) is 1.85. The second-order valence-corrected chi connectivity index (χ2v) is 3.18. The highest BCUT2D eigenvalue weighted by Crippen LogP contribution is 2.21. The normalized spacial score (nSPS) is 27.6. The molecule has 3 nitrogen and oxygen atoms in total. The summed E-state index contributed by atoms with van der Waals surface area (Å²) < 4.78 is 7.23. The van der Waals surface area contributed by atoms with Crippen LogP contribution in [0.25, 0.3) is 0 Å². The van der Waals surface area contributed by atoms with Crippen molar-refractivity contribution in [1.29, 1.82) is 0 Å². The van der Waals surface area contributed by atoms with Crippen molar-refractivity contribution in [2.45, 2.75) is 18.9 Å². The molecule has 1 fully saturated rings. The van der Waals surface area contributed by atoms with Gasteiger partial charge < -0.3 is 4.74 Å². The minimum absolute atomic E-state index is 0.542. The molecule has 0 spiro atoms. The quantitative estimate of drug-likeness (QED) is 0.617. The number of ether oxygens (including phenoxy) is 1. The van der Waals surface area contributed by atoms with Gasteiger partial charge in [0.1, 0.15) is 0 Å². The smallest absolute Gasteiger partial charge is 0.0627 e. The Balaban J connectivity index is 2.27. The summed E-state index contributed by atoms with van der Waals surface area (Å²) in [5.41, 5.74) is 0. The third-order valence-corrected chi connectivity index (χ3v) is 2.57. The molecule has 10 heavy (non-hydrogen) atoms. The summed E-state index contributed by atoms with van der Waals surface area (Å²) in [6, 6.07) is 0.542. The maximum atomic E-state index is 5.44. The minimum atomic E-state index is 0.542. The number of methoxy groups -OCH3 is 1. The maximum absolute atomic E-state index is 5.44. The molecule has 0 bridgehead atoms. The summed E-state index contributed by atoms with van der Waals surface area (Å²) in [7, 11) is 1.73. The molecule has 1 rings (SSSR count). The first-order chi connectivity index (χ1) is 4.88. The molecule has 0 radical (unpaired) electrons. The number of hydrogen-bond acceptors (Lipinski definition) is 4. The largest absolute Gasteiger partial charge is 0.383 e. The molecule has 1 heterocycles. The molecule has 0 saturated carbocycles. The first-order valence-electron chi connectivity index (χ1n) is 3.51. The molecular formula is C6H14N2OS. The van der Waals surface area contributed by atoms with Crippen molar-refractivity contribution in [2.24, 2.45) is 5.14 Å². The Morgan fingerprint density at radius 3 is 3.20 bits per heavy atom. The summed E-state index contributed by atoms with van der Waals surface area (Å²) in [6.07, 6.45) is 2.47. The van der Waals surface area contributed by atoms with Gasteiger partial charge in [-0.05, 0) is 12.8 Å². The lowest BCUT2D eigenvalue weighted by Crippen LogP contribution is -2.28. The molecular weight excluding hydrogens is 148 g/mol. The third-order valence-electron chi connectivity index (χ3n) is 1.82. The molecule has 1 saturated heterocycles. The Morgan fingerprint density at radius 2 is 2.60 bits per heavy atom. The molecule has 0 aromatic heterocycles. The van der Waals surface area contributed by atoms with E-state index >= 15 is 0 Å². The Hall–Kier alpha value is 0.230. The van der Waals surface area contributed by atoms with Crippen LogP contribution in [0.4, 0.5) is 0 Å². The van der Waals surface area contributed by atoms with Gasteiger partial charge in [0.05, 0.1) is 6.61 Å². The van der Waals surface area contributed by atoms with Gasteiger partial charge in [-0.1, -0.05) is 0 Å². The zero-order chi connectivity index (χ0) is 7.40. The SMILES string of the molecule is COCC1CCCN1SN. The molecule has 0 amide bonds. The molecule has 2 N–H and O–H groups in total. The monoisotopic (exact) mass is 162 g/mol. The molecule has 1 aliphatic heterocycles. The van der Waals surface area contributed by atoms with Crippen molar-refractivity contribution in [3.63, 3.8) is 0 Å². The van der Waals surface area contributed by atoms with Gasteiger partial charge in [-0.3, -0.25) is 5.14 Å². The van der Waals surface area contributed by atoms with E-state index in [0.29, 0.717) is 6.04 Å². The van der Waals surface area contributed by atoms with Gasteiger partial charge >= 0.3 is 0 Å². The molecule has 60 valence electrons. The van der Waals surface area contributed by atoms with Crippen LogP contribution in [0.1, 0.15) is 12.8 Å². The van der Waals surface area contributed by atoms with E-state index in [1.54, 1.807) is 7.11 Å². The number of hydrogen-bond donors (Lipinski definition) is 1. The van der Waals surface area contributed by atoms with Crippen molar-refractivity contribution < 1.29 is 4.74 Å². The van der Waals surface area contributed by atoms with E-state index in [2.05, 4.69) is 4.31 Å². The zero-order valence-corrected chi connectivity index (χ0v) is 7.06. The highest BCUT2D eigenvalue weighted by Gasteiger charge is 2.23. The fraction of sp³-hybridized carbons (Fsp3) is 1.00. The van der Waals surface area contributed by atoms with Crippen molar-refractivity contribution in [3.05, 3.63) is 0 Å². The average molecular weight is 162 g/mol. The van der Waals surface area contributed by atoms with E-state index in [0.717, 1.165) is 13.2 Å². The van der Waals surface area contributed by atoms with Crippen LogP contribution in [-0.4, -0.2) is 30.6 Å². The van der Waals surface area contributed by atoms with Crippen LogP contribution >= 0.6 is 12.1 Å². The van der Waals surface area contributed by atoms with Crippen LogP contribution in [0.15, 0.2) is 0 Å². The molecule has 1 aliphatic rings. The van der Waals surface area contributed by atoms with Crippen molar-refractivity contribution in [2.75, 3.05) is 20.3 Å². The summed E-state index contributed by atoms with van der Waals surface area (Å²) in [6.45, 7) is 1.92. The first-order valence-corrected chi connectivity index (χ1v) is 4.34. The first kappa shape index (κ1) is 8.33. The average Bonchev–Trinajstić information content (AvgIpc) is 2.36. The van der Waals surface area contributed by atoms with Gasteiger partial charge in [0.25, 0.3) is 0 Å². The van der Waals surface area contributed by atoms with Gasteiger partial charge in [-0.15, -0.1) is 0 Å². The molecule has 0 aliphatic carbocycles. The number of nitrogens with two attached hydrogens (primary N) is 1. The van der Waals surface area contributed by atoms with Crippen molar-refractivity contribution in [1.82, 2.24) is 4.31 Å². The summed E-state index contributed by atoms with van der Waals surface area (Å²) in [5, 5.41) is 5.44. The van der Waals surface area contributed by atoms with Gasteiger partial charge in [-0.25, -0.2) is 4.31 Å². The fourth-order valence-electron chi connectivity index (χ4n) is 1.31. The standard InChI is InChI=1S/C6H14N2OS/c1-9-5-6-3-2-4-8(6)10-7/h6H,2-5,7H2,1H3. The molecule has 0 aromatic rings. The lowest BCUT2D eigenvalue weighted by Gasteiger charge is -2.19. The highest BCUT2D eigenvalue weighted by molar-refractivity contribution is 7.94. The van der Waals surface area contributed by atoms with Crippen molar-refractivity contribution >= 4 is 12.1 Å². The predicted octanol–water partition coefficient (Wildman–Crippen LogP) is 0.619. The Labute approximate surface area is 66.2 Å². The van der Waals surface area contributed by atoms with Gasteiger partial charge in [0, 0.05) is 31.8 Å². The second-order valence-electron chi connectivity index (χ2n) is 2.50. The Kier molecular flexibility index (Phi) is 3.48. The highest BCUT2D eigenvalue weighted by atomic mass is 32.2. The Morgan fingerprint density at radius 1 is 1.80 bits per heavy atom. The fourth-order valence-corrected chi connectivity index (χ4v) is 1.88. The summed E-state index contributed by atoms with van der Waals surface area (Å²) >= 11 is 1.33. The Bertz CT molecular complexity index is 102. The number of rotatable bonds is 3. The van der Waals surface area contributed by atoms with E-state index in [4.69, 9.17) is 9.88 Å². The van der Waals surface area contributed by atoms with Crippen LogP contribution < -0.4 is 5.14 Å². The van der Waals surface area contributed by atoms with E-state index in [1.807, 2.05) is 0 Å². The zero-order valence-electron chi connectivity index (χ0n) is 6.25. The maximum Gasteiger partial charge on any atom is 0.0627 e. The lowest BCUT2D eigenvalue weighted by atomic mass is 10.2. The van der Waals surface area contributed by atoms with Crippen LogP contribution in [0.5, 0.6) is 0 Å². The van der Waals surface area contributed by atoms with Gasteiger partial charge in [-0.2, -0.15) is 0 Å². The topological polar surface area (TPSA) is 38.5 Å². The van der Waals surface area contributed by atoms with Crippen LogP contribution in [0, 0.1) is 0 Å². The predicted molar refractivity (Wildman–Crippen MR) is 43.4 cm³/mol. The second kappa shape index (κ2) is 4.18. The molecule has 1 atom stereocenters. The van der Waals surface area contributed by atoms with E-state index < -0.39 is 0 Å². The lowest BCUT2D eigenvalue weighted by molar-refractivity contribution is 0.153. The van der Waals surface area contributed by atoms with Crippen LogP contribution in [0.2, 0.25) is 0 Å². The molecule has 4 heteroatoms. The minimum Gasteiger partial charge on any atom is -0.383 e. The molecule has 0 aromatic carbocycles. The van der Waals surface area contributed by atoms with E-state index in [9.17, 15) is 0 Å². The summed E-state index contributed by atoms with van der Waals surface area (Å²) in [5.74, 6) is 0. The van der Waals surface area contributed by atoms with E-state index in [-0.39, 0.29) is 0 Å². The van der Waals surface area contributed by atoms with Gasteiger partial charge in [0.2, 0.25) is 0 Å². The van der Waals surface area contributed by atoms with Crippen LogP contribution in [-0.2, 0) is 4.74 Å². The van der Waals surface area contributed by atoms with Gasteiger partial charge in [0.15, 0.2) is 0 Å². The molecule has 1 unspecified atom stereocenters. The van der Waals surface area contributed by atoms with Crippen molar-refractivity contribution in [3.8, 4) is 0 Å².